The van der Waals surface area contributed by atoms with Gasteiger partial charge in [-0.1, -0.05) is 11.6 Å². The standard InChI is InChI=1S/C19H29N3O5/c1-13-15(14(2)27-21-13)11-26-17-12-25-9-7-16(17)20-18(23)10-22-8-5-3-4-6-19(22)24/h16-17H,3-12H2,1-2H3,(H,20,23)/t16-,17-/m1/s1. The van der Waals surface area contributed by atoms with E-state index in [9.17, 15) is 9.59 Å². The van der Waals surface area contributed by atoms with Gasteiger partial charge in [0.05, 0.1) is 31.5 Å². The number of ether oxygens (including phenoxy) is 2. The number of hydrogen-bond donors (Lipinski definition) is 1. The number of likely N-dealkylation sites (tertiary alicyclic amines) is 1. The van der Waals surface area contributed by atoms with E-state index >= 15 is 0 Å². The minimum absolute atomic E-state index is 0.0702. The Morgan fingerprint density at radius 3 is 2.96 bits per heavy atom. The topological polar surface area (TPSA) is 93.9 Å². The van der Waals surface area contributed by atoms with E-state index in [2.05, 4.69) is 10.5 Å². The molecule has 2 aliphatic heterocycles. The first kappa shape index (κ1) is 19.8. The van der Waals surface area contributed by atoms with Gasteiger partial charge in [0.15, 0.2) is 0 Å². The fraction of sp³-hybridized carbons (Fsp3) is 0.737. The van der Waals surface area contributed by atoms with Crippen LogP contribution in [0.15, 0.2) is 4.52 Å². The number of nitrogens with one attached hydrogen (secondary N) is 1. The molecule has 0 saturated carbocycles. The number of aromatic nitrogens is 1. The summed E-state index contributed by atoms with van der Waals surface area (Å²) in [5.74, 6) is 0.674. The largest absolute Gasteiger partial charge is 0.379 e. The van der Waals surface area contributed by atoms with Crippen molar-refractivity contribution in [3.8, 4) is 0 Å². The van der Waals surface area contributed by atoms with Gasteiger partial charge in [0.25, 0.3) is 0 Å². The van der Waals surface area contributed by atoms with Gasteiger partial charge in [0, 0.05) is 25.1 Å². The van der Waals surface area contributed by atoms with Gasteiger partial charge >= 0.3 is 0 Å². The van der Waals surface area contributed by atoms with Crippen molar-refractivity contribution in [2.75, 3.05) is 26.3 Å². The summed E-state index contributed by atoms with van der Waals surface area (Å²) in [6.45, 7) is 5.89. The second-order valence-corrected chi connectivity index (χ2v) is 7.32. The lowest BCUT2D eigenvalue weighted by atomic mass is 10.1. The summed E-state index contributed by atoms with van der Waals surface area (Å²) in [5, 5.41) is 6.97. The SMILES string of the molecule is Cc1noc(C)c1CO[C@@H]1COCC[C@H]1NC(=O)CN1CCCCCC1=O. The van der Waals surface area contributed by atoms with Crippen molar-refractivity contribution < 1.29 is 23.6 Å². The van der Waals surface area contributed by atoms with Gasteiger partial charge in [-0.25, -0.2) is 0 Å². The van der Waals surface area contributed by atoms with Crippen LogP contribution >= 0.6 is 0 Å². The third-order valence-electron chi connectivity index (χ3n) is 5.28. The molecule has 1 aromatic rings. The van der Waals surface area contributed by atoms with Crippen LogP contribution in [-0.4, -0.2) is 60.3 Å². The van der Waals surface area contributed by atoms with Crippen molar-refractivity contribution >= 4 is 11.8 Å². The lowest BCUT2D eigenvalue weighted by Crippen LogP contribution is -2.52. The zero-order valence-corrected chi connectivity index (χ0v) is 16.2. The summed E-state index contributed by atoms with van der Waals surface area (Å²) in [7, 11) is 0. The molecular weight excluding hydrogens is 350 g/mol. The average molecular weight is 379 g/mol. The fourth-order valence-corrected chi connectivity index (χ4v) is 3.57. The van der Waals surface area contributed by atoms with E-state index < -0.39 is 0 Å². The zero-order chi connectivity index (χ0) is 19.2. The second-order valence-electron chi connectivity index (χ2n) is 7.32. The van der Waals surface area contributed by atoms with Crippen molar-refractivity contribution in [1.82, 2.24) is 15.4 Å². The third kappa shape index (κ3) is 5.29. The van der Waals surface area contributed by atoms with Crippen LogP contribution < -0.4 is 5.32 Å². The number of rotatable bonds is 6. The Kier molecular flexibility index (Phi) is 6.84. The number of aryl methyl sites for hydroxylation is 2. The van der Waals surface area contributed by atoms with Gasteiger partial charge in [-0.05, 0) is 33.1 Å². The van der Waals surface area contributed by atoms with Gasteiger partial charge < -0.3 is 24.2 Å². The summed E-state index contributed by atoms with van der Waals surface area (Å²) >= 11 is 0. The highest BCUT2D eigenvalue weighted by molar-refractivity contribution is 5.85. The van der Waals surface area contributed by atoms with Gasteiger partial charge in [0.2, 0.25) is 11.8 Å². The molecule has 2 saturated heterocycles. The lowest BCUT2D eigenvalue weighted by Gasteiger charge is -2.32. The molecule has 0 unspecified atom stereocenters. The molecule has 0 radical (unpaired) electrons. The maximum atomic E-state index is 12.5. The quantitative estimate of drug-likeness (QED) is 0.805. The van der Waals surface area contributed by atoms with Gasteiger partial charge in [0.1, 0.15) is 11.9 Å². The van der Waals surface area contributed by atoms with E-state index in [-0.39, 0.29) is 30.5 Å². The Labute approximate surface area is 159 Å². The number of carbonyl (C=O) groups is 2. The van der Waals surface area contributed by atoms with Crippen molar-refractivity contribution in [3.05, 3.63) is 17.0 Å². The van der Waals surface area contributed by atoms with Crippen molar-refractivity contribution in [3.63, 3.8) is 0 Å². The molecule has 0 spiro atoms. The Morgan fingerprint density at radius 2 is 2.19 bits per heavy atom. The fourth-order valence-electron chi connectivity index (χ4n) is 3.57. The van der Waals surface area contributed by atoms with E-state index in [1.165, 1.54) is 0 Å². The first-order valence-electron chi connectivity index (χ1n) is 9.73. The molecule has 2 atom stereocenters. The molecule has 3 heterocycles. The Hall–Kier alpha value is -1.93. The van der Waals surface area contributed by atoms with Crippen LogP contribution in [0.1, 0.15) is 49.1 Å². The highest BCUT2D eigenvalue weighted by atomic mass is 16.5. The minimum Gasteiger partial charge on any atom is -0.379 e. The molecule has 8 heteroatoms. The van der Waals surface area contributed by atoms with E-state index in [1.54, 1.807) is 4.90 Å². The van der Waals surface area contributed by atoms with E-state index in [1.807, 2.05) is 13.8 Å². The molecule has 3 rings (SSSR count). The highest BCUT2D eigenvalue weighted by Gasteiger charge is 2.29. The molecule has 2 fully saturated rings. The number of amides is 2. The first-order chi connectivity index (χ1) is 13.0. The predicted molar refractivity (Wildman–Crippen MR) is 97.0 cm³/mol. The van der Waals surface area contributed by atoms with E-state index in [4.69, 9.17) is 14.0 Å². The molecule has 1 N–H and O–H groups in total. The number of nitrogens with zero attached hydrogens (tertiary/aromatic N) is 2. The molecule has 0 aromatic carbocycles. The molecule has 27 heavy (non-hydrogen) atoms. The lowest BCUT2D eigenvalue weighted by molar-refractivity contribution is -0.137. The first-order valence-corrected chi connectivity index (χ1v) is 9.73. The normalized spacial score (nSPS) is 23.9. The van der Waals surface area contributed by atoms with Crippen molar-refractivity contribution in [1.29, 1.82) is 0 Å². The van der Waals surface area contributed by atoms with Crippen LogP contribution in [0, 0.1) is 13.8 Å². The molecule has 2 aliphatic rings. The zero-order valence-electron chi connectivity index (χ0n) is 16.2. The summed E-state index contributed by atoms with van der Waals surface area (Å²) < 4.78 is 16.7. The van der Waals surface area contributed by atoms with Crippen molar-refractivity contribution in [2.45, 2.75) is 64.7 Å². The second kappa shape index (κ2) is 9.32. The minimum atomic E-state index is -0.240. The van der Waals surface area contributed by atoms with Gasteiger partial charge in [-0.3, -0.25) is 9.59 Å². The Balaban J connectivity index is 1.53. The highest BCUT2D eigenvalue weighted by Crippen LogP contribution is 2.18. The van der Waals surface area contributed by atoms with Gasteiger partial charge in [-0.2, -0.15) is 0 Å². The predicted octanol–water partition coefficient (Wildman–Crippen LogP) is 1.48. The Morgan fingerprint density at radius 1 is 1.33 bits per heavy atom. The van der Waals surface area contributed by atoms with E-state index in [0.29, 0.717) is 39.2 Å². The molecule has 1 aromatic heterocycles. The average Bonchev–Trinajstić information content (AvgIpc) is 2.83. The van der Waals surface area contributed by atoms with Crippen LogP contribution in [0.25, 0.3) is 0 Å². The number of hydrogen-bond acceptors (Lipinski definition) is 6. The molecule has 150 valence electrons. The molecule has 0 bridgehead atoms. The van der Waals surface area contributed by atoms with Crippen LogP contribution in [-0.2, 0) is 25.7 Å². The molecular formula is C19H29N3O5. The maximum absolute atomic E-state index is 12.5. The summed E-state index contributed by atoms with van der Waals surface area (Å²) in [4.78, 5) is 26.3. The van der Waals surface area contributed by atoms with E-state index in [0.717, 1.165) is 36.3 Å². The Bertz CT molecular complexity index is 640. The van der Waals surface area contributed by atoms with Crippen LogP contribution in [0.5, 0.6) is 0 Å². The van der Waals surface area contributed by atoms with Crippen molar-refractivity contribution in [2.24, 2.45) is 0 Å². The number of carbonyl (C=O) groups excluding carboxylic acids is 2. The van der Waals surface area contributed by atoms with Crippen LogP contribution in [0.4, 0.5) is 0 Å². The monoisotopic (exact) mass is 379 g/mol. The summed E-state index contributed by atoms with van der Waals surface area (Å²) in [6, 6.07) is -0.131. The van der Waals surface area contributed by atoms with Crippen LogP contribution in [0.3, 0.4) is 0 Å². The smallest absolute Gasteiger partial charge is 0.239 e. The molecule has 0 aliphatic carbocycles. The van der Waals surface area contributed by atoms with Crippen LogP contribution in [0.2, 0.25) is 0 Å². The molecule has 8 nitrogen and oxygen atoms in total. The maximum Gasteiger partial charge on any atom is 0.239 e. The summed E-state index contributed by atoms with van der Waals surface area (Å²) in [6.07, 6.45) is 3.89. The molecule has 2 amide bonds. The van der Waals surface area contributed by atoms with Gasteiger partial charge in [-0.15, -0.1) is 0 Å². The summed E-state index contributed by atoms with van der Waals surface area (Å²) in [5.41, 5.74) is 1.74. The third-order valence-corrected chi connectivity index (χ3v) is 5.28.